The van der Waals surface area contributed by atoms with Crippen molar-refractivity contribution < 1.29 is 0 Å². The molecule has 3 nitrogen and oxygen atoms in total. The van der Waals surface area contributed by atoms with Gasteiger partial charge in [-0.15, -0.1) is 0 Å². The van der Waals surface area contributed by atoms with Gasteiger partial charge in [-0.05, 0) is 31.0 Å². The van der Waals surface area contributed by atoms with Gasteiger partial charge in [-0.2, -0.15) is 0 Å². The maximum absolute atomic E-state index is 4.73. The standard InChI is InChI=1S/C14H19N3/c1-15-11-7-8-12-13(9-11)17-14(16-12)10-5-3-2-4-6-10/h7-10,15H,2-6H2,1H3,(H,16,17). The van der Waals surface area contributed by atoms with Gasteiger partial charge in [0.1, 0.15) is 5.82 Å². The fourth-order valence-corrected chi connectivity index (χ4v) is 2.75. The van der Waals surface area contributed by atoms with Crippen molar-refractivity contribution in [3.63, 3.8) is 0 Å². The minimum absolute atomic E-state index is 0.647. The zero-order chi connectivity index (χ0) is 11.7. The molecule has 2 aromatic rings. The van der Waals surface area contributed by atoms with Crippen molar-refractivity contribution in [3.05, 3.63) is 24.0 Å². The van der Waals surface area contributed by atoms with Crippen LogP contribution in [-0.4, -0.2) is 17.0 Å². The number of hydrogen-bond acceptors (Lipinski definition) is 2. The highest BCUT2D eigenvalue weighted by atomic mass is 14.9. The molecule has 3 heteroatoms. The highest BCUT2D eigenvalue weighted by Crippen LogP contribution is 2.32. The Hall–Kier alpha value is -1.51. The quantitative estimate of drug-likeness (QED) is 0.825. The molecule has 1 aliphatic rings. The summed E-state index contributed by atoms with van der Waals surface area (Å²) in [5, 5.41) is 3.16. The molecule has 0 saturated heterocycles. The van der Waals surface area contributed by atoms with Crippen LogP contribution in [0.15, 0.2) is 18.2 Å². The Morgan fingerprint density at radius 1 is 1.24 bits per heavy atom. The monoisotopic (exact) mass is 229 g/mol. The van der Waals surface area contributed by atoms with E-state index in [2.05, 4.69) is 28.5 Å². The summed E-state index contributed by atoms with van der Waals surface area (Å²) >= 11 is 0. The van der Waals surface area contributed by atoms with E-state index in [1.807, 2.05) is 7.05 Å². The van der Waals surface area contributed by atoms with Crippen LogP contribution in [0.1, 0.15) is 43.8 Å². The van der Waals surface area contributed by atoms with Crippen molar-refractivity contribution in [2.75, 3.05) is 12.4 Å². The van der Waals surface area contributed by atoms with Gasteiger partial charge in [0.15, 0.2) is 0 Å². The molecular weight excluding hydrogens is 210 g/mol. The van der Waals surface area contributed by atoms with Crippen LogP contribution < -0.4 is 5.32 Å². The average molecular weight is 229 g/mol. The van der Waals surface area contributed by atoms with Gasteiger partial charge >= 0.3 is 0 Å². The molecular formula is C14H19N3. The number of nitrogens with one attached hydrogen (secondary N) is 2. The van der Waals surface area contributed by atoms with Crippen LogP contribution >= 0.6 is 0 Å². The molecule has 1 aromatic carbocycles. The molecule has 1 saturated carbocycles. The molecule has 1 heterocycles. The van der Waals surface area contributed by atoms with Gasteiger partial charge in [0, 0.05) is 18.7 Å². The Morgan fingerprint density at radius 3 is 2.82 bits per heavy atom. The average Bonchev–Trinajstić information content (AvgIpc) is 2.82. The Bertz CT molecular complexity index is 509. The third-order valence-electron chi connectivity index (χ3n) is 3.78. The Balaban J connectivity index is 1.95. The van der Waals surface area contributed by atoms with Gasteiger partial charge < -0.3 is 10.3 Å². The number of H-pyrrole nitrogens is 1. The molecule has 0 atom stereocenters. The molecule has 3 rings (SSSR count). The fourth-order valence-electron chi connectivity index (χ4n) is 2.75. The Labute approximate surface area is 102 Å². The third-order valence-corrected chi connectivity index (χ3v) is 3.78. The lowest BCUT2D eigenvalue weighted by molar-refractivity contribution is 0.431. The fraction of sp³-hybridized carbons (Fsp3) is 0.500. The lowest BCUT2D eigenvalue weighted by Gasteiger charge is -2.18. The third kappa shape index (κ3) is 2.02. The second kappa shape index (κ2) is 4.40. The largest absolute Gasteiger partial charge is 0.388 e. The van der Waals surface area contributed by atoms with Gasteiger partial charge in [0.05, 0.1) is 11.0 Å². The Kier molecular flexibility index (Phi) is 2.75. The molecule has 1 aliphatic carbocycles. The summed E-state index contributed by atoms with van der Waals surface area (Å²) in [4.78, 5) is 8.22. The first-order valence-corrected chi connectivity index (χ1v) is 6.54. The maximum atomic E-state index is 4.73. The second-order valence-electron chi connectivity index (χ2n) is 4.94. The van der Waals surface area contributed by atoms with Crippen molar-refractivity contribution in [1.82, 2.24) is 9.97 Å². The lowest BCUT2D eigenvalue weighted by atomic mass is 9.89. The van der Waals surface area contributed by atoms with Gasteiger partial charge in [-0.1, -0.05) is 19.3 Å². The molecule has 0 bridgehead atoms. The minimum Gasteiger partial charge on any atom is -0.388 e. The summed E-state index contributed by atoms with van der Waals surface area (Å²) in [6, 6.07) is 6.30. The number of imidazole rings is 1. The number of fused-ring (bicyclic) bond motifs is 1. The molecule has 0 radical (unpaired) electrons. The van der Waals surface area contributed by atoms with E-state index in [0.717, 1.165) is 16.7 Å². The molecule has 17 heavy (non-hydrogen) atoms. The molecule has 1 aromatic heterocycles. The lowest BCUT2D eigenvalue weighted by Crippen LogP contribution is -2.05. The van der Waals surface area contributed by atoms with E-state index in [1.165, 1.54) is 37.9 Å². The predicted molar refractivity (Wildman–Crippen MR) is 71.5 cm³/mol. The highest BCUT2D eigenvalue weighted by molar-refractivity contribution is 5.79. The second-order valence-corrected chi connectivity index (χ2v) is 4.94. The van der Waals surface area contributed by atoms with Crippen LogP contribution in [0, 0.1) is 0 Å². The molecule has 0 amide bonds. The summed E-state index contributed by atoms with van der Waals surface area (Å²) in [6.07, 6.45) is 6.67. The SMILES string of the molecule is CNc1ccc2nc(C3CCCCC3)[nH]c2c1. The number of nitrogens with zero attached hydrogens (tertiary/aromatic N) is 1. The van der Waals surface area contributed by atoms with Crippen molar-refractivity contribution >= 4 is 16.7 Å². The van der Waals surface area contributed by atoms with Crippen molar-refractivity contribution in [3.8, 4) is 0 Å². The van der Waals surface area contributed by atoms with E-state index in [9.17, 15) is 0 Å². The number of aromatic amines is 1. The van der Waals surface area contributed by atoms with Gasteiger partial charge in [-0.25, -0.2) is 4.98 Å². The smallest absolute Gasteiger partial charge is 0.110 e. The van der Waals surface area contributed by atoms with Crippen LogP contribution in [0.3, 0.4) is 0 Å². The van der Waals surface area contributed by atoms with E-state index in [4.69, 9.17) is 4.98 Å². The van der Waals surface area contributed by atoms with Gasteiger partial charge in [-0.3, -0.25) is 0 Å². The van der Waals surface area contributed by atoms with Crippen molar-refractivity contribution in [2.24, 2.45) is 0 Å². The van der Waals surface area contributed by atoms with Gasteiger partial charge in [0.25, 0.3) is 0 Å². The molecule has 90 valence electrons. The highest BCUT2D eigenvalue weighted by Gasteiger charge is 2.18. The first-order valence-electron chi connectivity index (χ1n) is 6.54. The maximum Gasteiger partial charge on any atom is 0.110 e. The molecule has 0 unspecified atom stereocenters. The normalized spacial score (nSPS) is 17.5. The number of benzene rings is 1. The number of rotatable bonds is 2. The van der Waals surface area contributed by atoms with E-state index < -0.39 is 0 Å². The van der Waals surface area contributed by atoms with Crippen LogP contribution in [0.2, 0.25) is 0 Å². The van der Waals surface area contributed by atoms with E-state index >= 15 is 0 Å². The van der Waals surface area contributed by atoms with Crippen LogP contribution in [-0.2, 0) is 0 Å². The van der Waals surface area contributed by atoms with Crippen LogP contribution in [0.5, 0.6) is 0 Å². The van der Waals surface area contributed by atoms with Crippen LogP contribution in [0.25, 0.3) is 11.0 Å². The number of aromatic nitrogens is 2. The minimum atomic E-state index is 0.647. The first-order chi connectivity index (χ1) is 8.36. The zero-order valence-electron chi connectivity index (χ0n) is 10.3. The molecule has 1 fully saturated rings. The van der Waals surface area contributed by atoms with E-state index in [1.54, 1.807) is 0 Å². The zero-order valence-corrected chi connectivity index (χ0v) is 10.3. The number of anilines is 1. The molecule has 0 spiro atoms. The summed E-state index contributed by atoms with van der Waals surface area (Å²) in [7, 11) is 1.94. The van der Waals surface area contributed by atoms with E-state index in [0.29, 0.717) is 5.92 Å². The Morgan fingerprint density at radius 2 is 2.06 bits per heavy atom. The summed E-state index contributed by atoms with van der Waals surface area (Å²) < 4.78 is 0. The molecule has 0 aliphatic heterocycles. The molecule has 2 N–H and O–H groups in total. The van der Waals surface area contributed by atoms with E-state index in [-0.39, 0.29) is 0 Å². The predicted octanol–water partition coefficient (Wildman–Crippen LogP) is 3.65. The van der Waals surface area contributed by atoms with Crippen molar-refractivity contribution in [1.29, 1.82) is 0 Å². The topological polar surface area (TPSA) is 40.7 Å². The van der Waals surface area contributed by atoms with Crippen LogP contribution in [0.4, 0.5) is 5.69 Å². The number of hydrogen-bond donors (Lipinski definition) is 2. The summed E-state index contributed by atoms with van der Waals surface area (Å²) in [5.74, 6) is 1.84. The van der Waals surface area contributed by atoms with Crippen molar-refractivity contribution in [2.45, 2.75) is 38.0 Å². The first kappa shape index (κ1) is 10.6. The summed E-state index contributed by atoms with van der Waals surface area (Å²) in [5.41, 5.74) is 3.37. The van der Waals surface area contributed by atoms with Gasteiger partial charge in [0.2, 0.25) is 0 Å². The summed E-state index contributed by atoms with van der Waals surface area (Å²) in [6.45, 7) is 0.